The number of hydrogen-bond donors (Lipinski definition) is 1. The van der Waals surface area contributed by atoms with Gasteiger partial charge in [0.15, 0.2) is 0 Å². The maximum absolute atomic E-state index is 12.1. The van der Waals surface area contributed by atoms with Gasteiger partial charge in [0.05, 0.1) is 0 Å². The Morgan fingerprint density at radius 1 is 1.56 bits per heavy atom. The Morgan fingerprint density at radius 2 is 2.17 bits per heavy atom. The lowest BCUT2D eigenvalue weighted by Gasteiger charge is -2.30. The Balaban J connectivity index is 2.60. The largest absolute Gasteiger partial charge is 0.387 e. The van der Waals surface area contributed by atoms with Crippen molar-refractivity contribution >= 4 is 5.91 Å². The molecule has 1 unspecified atom stereocenters. The van der Waals surface area contributed by atoms with Crippen molar-refractivity contribution in [2.24, 2.45) is 5.92 Å². The minimum Gasteiger partial charge on any atom is -0.387 e. The average molecular weight is 249 g/mol. The summed E-state index contributed by atoms with van der Waals surface area (Å²) >= 11 is 0. The second-order valence-corrected chi connectivity index (χ2v) is 5.12. The van der Waals surface area contributed by atoms with Gasteiger partial charge >= 0.3 is 0 Å². The van der Waals surface area contributed by atoms with Gasteiger partial charge < -0.3 is 10.2 Å². The maximum atomic E-state index is 12.1. The number of nitrogens with zero attached hydrogens (tertiary/aromatic N) is 2. The summed E-state index contributed by atoms with van der Waals surface area (Å²) in [5.74, 6) is 0.544. The highest BCUT2D eigenvalue weighted by Crippen LogP contribution is 2.17. The van der Waals surface area contributed by atoms with E-state index in [1.165, 1.54) is 0 Å². The number of carbonyl (C=O) groups excluding carboxylic acids is 1. The number of amides is 1. The zero-order valence-electron chi connectivity index (χ0n) is 11.6. The second kappa shape index (κ2) is 7.05. The first kappa shape index (κ1) is 14.6. The van der Waals surface area contributed by atoms with Gasteiger partial charge in [-0.2, -0.15) is 5.26 Å². The summed E-state index contributed by atoms with van der Waals surface area (Å²) in [4.78, 5) is 13.9. The number of carbonyl (C=O) groups is 1. The number of piperidine rings is 1. The number of nitriles is 1. The van der Waals surface area contributed by atoms with Crippen LogP contribution in [0.3, 0.4) is 0 Å². The van der Waals surface area contributed by atoms with Gasteiger partial charge in [0.1, 0.15) is 11.6 Å². The molecular formula is C14H23N3O. The molecule has 0 saturated carbocycles. The van der Waals surface area contributed by atoms with Gasteiger partial charge in [0.2, 0.25) is 0 Å². The topological polar surface area (TPSA) is 56.1 Å². The molecule has 1 fully saturated rings. The van der Waals surface area contributed by atoms with E-state index in [1.54, 1.807) is 11.1 Å². The lowest BCUT2D eigenvalue weighted by atomic mass is 9.99. The summed E-state index contributed by atoms with van der Waals surface area (Å²) in [5.41, 5.74) is 0.213. The smallest absolute Gasteiger partial charge is 0.265 e. The van der Waals surface area contributed by atoms with Crippen LogP contribution in [-0.4, -0.2) is 29.9 Å². The van der Waals surface area contributed by atoms with Crippen molar-refractivity contribution in [3.05, 3.63) is 11.8 Å². The van der Waals surface area contributed by atoms with Gasteiger partial charge in [0, 0.05) is 25.3 Å². The molecule has 4 heteroatoms. The van der Waals surface area contributed by atoms with Gasteiger partial charge in [-0.1, -0.05) is 13.8 Å². The van der Waals surface area contributed by atoms with Crippen LogP contribution in [0.4, 0.5) is 0 Å². The second-order valence-electron chi connectivity index (χ2n) is 5.12. The van der Waals surface area contributed by atoms with E-state index < -0.39 is 0 Å². The normalized spacial score (nSPS) is 19.2. The molecule has 0 aliphatic carbocycles. The molecule has 1 heterocycles. The minimum absolute atomic E-state index is 0.139. The van der Waals surface area contributed by atoms with Crippen molar-refractivity contribution in [2.45, 2.75) is 46.1 Å². The standard InChI is InChI=1S/C14H23N3O/c1-4-12(3)16-10-13(9-15)14(18)17-7-5-11(2)6-8-17/h10-12,16H,4-8H2,1-3H3/b13-10-. The molecule has 1 rings (SSSR count). The van der Waals surface area contributed by atoms with E-state index in [0.717, 1.165) is 32.4 Å². The fourth-order valence-corrected chi connectivity index (χ4v) is 1.87. The molecule has 1 aliphatic heterocycles. The van der Waals surface area contributed by atoms with Crippen LogP contribution in [0.5, 0.6) is 0 Å². The first-order valence-electron chi connectivity index (χ1n) is 6.74. The zero-order chi connectivity index (χ0) is 13.5. The van der Waals surface area contributed by atoms with E-state index in [2.05, 4.69) is 19.2 Å². The van der Waals surface area contributed by atoms with E-state index in [0.29, 0.717) is 5.92 Å². The molecule has 0 spiro atoms. The average Bonchev–Trinajstić information content (AvgIpc) is 2.39. The Kier molecular flexibility index (Phi) is 5.70. The number of rotatable bonds is 4. The molecule has 1 atom stereocenters. The molecule has 0 bridgehead atoms. The highest BCUT2D eigenvalue weighted by Gasteiger charge is 2.22. The Bertz CT molecular complexity index is 349. The van der Waals surface area contributed by atoms with Crippen LogP contribution in [-0.2, 0) is 4.79 Å². The summed E-state index contributed by atoms with van der Waals surface area (Å²) < 4.78 is 0. The summed E-state index contributed by atoms with van der Waals surface area (Å²) in [6.07, 6.45) is 4.59. The third kappa shape index (κ3) is 4.06. The van der Waals surface area contributed by atoms with Gasteiger partial charge in [-0.25, -0.2) is 0 Å². The van der Waals surface area contributed by atoms with E-state index in [-0.39, 0.29) is 17.5 Å². The van der Waals surface area contributed by atoms with Crippen LogP contribution in [0, 0.1) is 17.2 Å². The molecule has 1 saturated heterocycles. The fraction of sp³-hybridized carbons (Fsp3) is 0.714. The molecule has 0 aromatic rings. The summed E-state index contributed by atoms with van der Waals surface area (Å²) in [6.45, 7) is 7.82. The monoisotopic (exact) mass is 249 g/mol. The predicted octanol–water partition coefficient (Wildman–Crippen LogP) is 2.04. The molecule has 0 radical (unpaired) electrons. The van der Waals surface area contributed by atoms with Gasteiger partial charge in [-0.05, 0) is 32.1 Å². The van der Waals surface area contributed by atoms with Crippen LogP contribution in [0.25, 0.3) is 0 Å². The molecule has 4 nitrogen and oxygen atoms in total. The lowest BCUT2D eigenvalue weighted by Crippen LogP contribution is -2.39. The van der Waals surface area contributed by atoms with E-state index in [4.69, 9.17) is 5.26 Å². The number of hydrogen-bond acceptors (Lipinski definition) is 3. The first-order chi connectivity index (χ1) is 8.58. The number of likely N-dealkylation sites (tertiary alicyclic amines) is 1. The molecule has 18 heavy (non-hydrogen) atoms. The summed E-state index contributed by atoms with van der Waals surface area (Å²) in [7, 11) is 0. The molecular weight excluding hydrogens is 226 g/mol. The lowest BCUT2D eigenvalue weighted by molar-refractivity contribution is -0.128. The molecule has 0 aromatic carbocycles. The van der Waals surface area contributed by atoms with Crippen LogP contribution >= 0.6 is 0 Å². The third-order valence-corrected chi connectivity index (χ3v) is 3.55. The van der Waals surface area contributed by atoms with Crippen LogP contribution in [0.1, 0.15) is 40.0 Å². The van der Waals surface area contributed by atoms with E-state index >= 15 is 0 Å². The molecule has 1 N–H and O–H groups in total. The first-order valence-corrected chi connectivity index (χ1v) is 6.74. The van der Waals surface area contributed by atoms with Gasteiger partial charge in [0.25, 0.3) is 5.91 Å². The molecule has 0 aromatic heterocycles. The Labute approximate surface area is 110 Å². The van der Waals surface area contributed by atoms with Crippen LogP contribution in [0.15, 0.2) is 11.8 Å². The number of nitrogens with one attached hydrogen (secondary N) is 1. The highest BCUT2D eigenvalue weighted by molar-refractivity contribution is 5.97. The van der Waals surface area contributed by atoms with Crippen molar-refractivity contribution in [1.29, 1.82) is 5.26 Å². The molecule has 100 valence electrons. The van der Waals surface area contributed by atoms with Crippen LogP contribution in [0.2, 0.25) is 0 Å². The van der Waals surface area contributed by atoms with Crippen molar-refractivity contribution in [1.82, 2.24) is 10.2 Å². The maximum Gasteiger partial charge on any atom is 0.265 e. The quantitative estimate of drug-likeness (QED) is 0.613. The Hall–Kier alpha value is -1.50. The van der Waals surface area contributed by atoms with Crippen molar-refractivity contribution in [3.63, 3.8) is 0 Å². The fourth-order valence-electron chi connectivity index (χ4n) is 1.87. The minimum atomic E-state index is -0.139. The third-order valence-electron chi connectivity index (χ3n) is 3.55. The van der Waals surface area contributed by atoms with Crippen molar-refractivity contribution < 1.29 is 4.79 Å². The van der Waals surface area contributed by atoms with Crippen LogP contribution < -0.4 is 5.32 Å². The molecule has 1 aliphatic rings. The summed E-state index contributed by atoms with van der Waals surface area (Å²) in [5, 5.41) is 12.1. The highest BCUT2D eigenvalue weighted by atomic mass is 16.2. The zero-order valence-corrected chi connectivity index (χ0v) is 11.6. The van der Waals surface area contributed by atoms with Gasteiger partial charge in [-0.3, -0.25) is 4.79 Å². The summed E-state index contributed by atoms with van der Waals surface area (Å²) in [6, 6.07) is 2.28. The van der Waals surface area contributed by atoms with E-state index in [9.17, 15) is 4.79 Å². The Morgan fingerprint density at radius 3 is 2.67 bits per heavy atom. The van der Waals surface area contributed by atoms with E-state index in [1.807, 2.05) is 13.0 Å². The SMILES string of the molecule is CCC(C)N/C=C(/C#N)C(=O)N1CCC(C)CC1. The van der Waals surface area contributed by atoms with Crippen molar-refractivity contribution in [2.75, 3.05) is 13.1 Å². The molecule has 1 amide bonds. The van der Waals surface area contributed by atoms with Crippen molar-refractivity contribution in [3.8, 4) is 6.07 Å². The van der Waals surface area contributed by atoms with Gasteiger partial charge in [-0.15, -0.1) is 0 Å². The predicted molar refractivity (Wildman–Crippen MR) is 71.6 cm³/mol.